The van der Waals surface area contributed by atoms with Gasteiger partial charge in [0, 0.05) is 24.2 Å². The van der Waals surface area contributed by atoms with Crippen LogP contribution in [0.2, 0.25) is 0 Å². The van der Waals surface area contributed by atoms with Crippen molar-refractivity contribution in [3.05, 3.63) is 27.9 Å². The maximum Gasteiger partial charge on any atom is 0.323 e. The molecule has 3 heterocycles. The average Bonchev–Trinajstić information content (AvgIpc) is 2.88. The number of piperidine rings is 1. The summed E-state index contributed by atoms with van der Waals surface area (Å²) in [4.78, 5) is 24.9. The molecule has 2 aliphatic heterocycles. The minimum atomic E-state index is -0.475. The van der Waals surface area contributed by atoms with Gasteiger partial charge in [0.25, 0.3) is 5.91 Å². The first kappa shape index (κ1) is 13.1. The summed E-state index contributed by atoms with van der Waals surface area (Å²) in [6.07, 6.45) is 3.62. The van der Waals surface area contributed by atoms with Crippen LogP contribution in [0.3, 0.4) is 0 Å². The summed E-state index contributed by atoms with van der Waals surface area (Å²) in [7, 11) is 1.56. The summed E-state index contributed by atoms with van der Waals surface area (Å²) < 4.78 is 1.36. The number of nitrogens with zero attached hydrogens (tertiary/aromatic N) is 3. The van der Waals surface area contributed by atoms with Crippen LogP contribution in [0.15, 0.2) is 12.1 Å². The van der Waals surface area contributed by atoms with Crippen molar-refractivity contribution in [2.45, 2.75) is 43.8 Å². The van der Waals surface area contributed by atoms with E-state index in [-0.39, 0.29) is 29.9 Å². The molecular weight excluding hydrogens is 260 g/mol. The van der Waals surface area contributed by atoms with Gasteiger partial charge < -0.3 is 20.7 Å². The van der Waals surface area contributed by atoms with Gasteiger partial charge in [0.1, 0.15) is 0 Å². The Hall–Kier alpha value is -1.89. The highest BCUT2D eigenvalue weighted by molar-refractivity contribution is 5.94. The first-order chi connectivity index (χ1) is 9.49. The van der Waals surface area contributed by atoms with E-state index >= 15 is 0 Å². The molecule has 1 aromatic heterocycles. The van der Waals surface area contributed by atoms with Gasteiger partial charge >= 0.3 is 5.82 Å². The first-order valence-corrected chi connectivity index (χ1v) is 6.87. The highest BCUT2D eigenvalue weighted by Gasteiger charge is 2.43. The van der Waals surface area contributed by atoms with Gasteiger partial charge in [0.2, 0.25) is 0 Å². The first-order valence-electron chi connectivity index (χ1n) is 6.87. The van der Waals surface area contributed by atoms with Crippen LogP contribution in [-0.2, 0) is 7.05 Å². The average molecular weight is 278 g/mol. The van der Waals surface area contributed by atoms with Gasteiger partial charge in [-0.1, -0.05) is 0 Å². The van der Waals surface area contributed by atoms with Crippen molar-refractivity contribution in [3.63, 3.8) is 0 Å². The summed E-state index contributed by atoms with van der Waals surface area (Å²) >= 11 is 0. The number of carbonyl (C=O) groups excluding carboxylic acids is 1. The highest BCUT2D eigenvalue weighted by atomic mass is 16.6. The normalized spacial score (nSPS) is 28.7. The number of hydrogen-bond acceptors (Lipinski definition) is 4. The minimum absolute atomic E-state index is 0.0607. The molecule has 2 bridgehead atoms. The predicted molar refractivity (Wildman–Crippen MR) is 72.3 cm³/mol. The van der Waals surface area contributed by atoms with E-state index in [9.17, 15) is 14.9 Å². The molecule has 2 atom stereocenters. The minimum Gasteiger partial charge on any atom is -0.358 e. The van der Waals surface area contributed by atoms with E-state index in [0.29, 0.717) is 5.69 Å². The number of hydrogen-bond donors (Lipinski definition) is 1. The van der Waals surface area contributed by atoms with E-state index in [1.165, 1.54) is 16.7 Å². The van der Waals surface area contributed by atoms with Crippen LogP contribution >= 0.6 is 0 Å². The van der Waals surface area contributed by atoms with Gasteiger partial charge in [-0.05, 0) is 36.7 Å². The second kappa shape index (κ2) is 4.59. The van der Waals surface area contributed by atoms with Crippen LogP contribution in [-0.4, -0.2) is 38.4 Å². The number of rotatable bonds is 2. The molecule has 2 aliphatic rings. The lowest BCUT2D eigenvalue weighted by atomic mass is 9.98. The zero-order valence-corrected chi connectivity index (χ0v) is 11.4. The van der Waals surface area contributed by atoms with E-state index in [2.05, 4.69) is 0 Å². The molecule has 7 heteroatoms. The number of amides is 1. The van der Waals surface area contributed by atoms with Crippen molar-refractivity contribution < 1.29 is 9.72 Å². The largest absolute Gasteiger partial charge is 0.358 e. The van der Waals surface area contributed by atoms with Crippen molar-refractivity contribution in [2.24, 2.45) is 12.8 Å². The molecule has 0 radical (unpaired) electrons. The van der Waals surface area contributed by atoms with Crippen molar-refractivity contribution >= 4 is 11.7 Å². The Morgan fingerprint density at radius 1 is 1.35 bits per heavy atom. The third kappa shape index (κ3) is 1.89. The van der Waals surface area contributed by atoms with Crippen molar-refractivity contribution in [2.75, 3.05) is 0 Å². The zero-order valence-electron chi connectivity index (χ0n) is 11.4. The Morgan fingerprint density at radius 3 is 2.45 bits per heavy atom. The Balaban J connectivity index is 1.89. The second-order valence-electron chi connectivity index (χ2n) is 5.72. The van der Waals surface area contributed by atoms with Gasteiger partial charge in [-0.3, -0.25) is 4.79 Å². The number of nitrogens with two attached hydrogens (primary N) is 1. The van der Waals surface area contributed by atoms with E-state index in [1.807, 2.05) is 4.90 Å². The maximum absolute atomic E-state index is 12.7. The molecule has 1 amide bonds. The Bertz CT molecular complexity index is 554. The molecule has 7 nitrogen and oxygen atoms in total. The SMILES string of the molecule is Cn1c(C(=O)N2C3CCC2CC(N)C3)ccc1[N+](=O)[O-]. The lowest BCUT2D eigenvalue weighted by Gasteiger charge is -2.37. The fraction of sp³-hybridized carbons (Fsp3) is 0.615. The molecule has 0 aromatic carbocycles. The predicted octanol–water partition coefficient (Wildman–Crippen LogP) is 1.03. The van der Waals surface area contributed by atoms with E-state index in [4.69, 9.17) is 5.73 Å². The second-order valence-corrected chi connectivity index (χ2v) is 5.72. The maximum atomic E-state index is 12.7. The number of fused-ring (bicyclic) bond motifs is 2. The number of aromatic nitrogens is 1. The molecule has 0 spiro atoms. The molecule has 3 rings (SSSR count). The lowest BCUT2D eigenvalue weighted by Crippen LogP contribution is -2.50. The third-order valence-corrected chi connectivity index (χ3v) is 4.51. The molecular formula is C13H18N4O3. The summed E-state index contributed by atoms with van der Waals surface area (Å²) in [6, 6.07) is 3.45. The molecule has 108 valence electrons. The molecule has 2 N–H and O–H groups in total. The smallest absolute Gasteiger partial charge is 0.323 e. The van der Waals surface area contributed by atoms with Crippen LogP contribution in [0.4, 0.5) is 5.82 Å². The van der Waals surface area contributed by atoms with E-state index in [0.717, 1.165) is 25.7 Å². The highest BCUT2D eigenvalue weighted by Crippen LogP contribution is 2.36. The monoisotopic (exact) mass is 278 g/mol. The molecule has 2 saturated heterocycles. The topological polar surface area (TPSA) is 94.4 Å². The van der Waals surface area contributed by atoms with Gasteiger partial charge in [-0.25, -0.2) is 4.57 Å². The number of nitro groups is 1. The van der Waals surface area contributed by atoms with Gasteiger partial charge in [0.15, 0.2) is 5.69 Å². The Morgan fingerprint density at radius 2 is 1.95 bits per heavy atom. The van der Waals surface area contributed by atoms with Crippen molar-refractivity contribution in [1.82, 2.24) is 9.47 Å². The van der Waals surface area contributed by atoms with E-state index in [1.54, 1.807) is 7.05 Å². The van der Waals surface area contributed by atoms with Gasteiger partial charge in [-0.15, -0.1) is 0 Å². The summed E-state index contributed by atoms with van der Waals surface area (Å²) in [5.41, 5.74) is 6.38. The van der Waals surface area contributed by atoms with Crippen LogP contribution in [0.5, 0.6) is 0 Å². The number of carbonyl (C=O) groups is 1. The molecule has 0 saturated carbocycles. The van der Waals surface area contributed by atoms with Crippen molar-refractivity contribution in [3.8, 4) is 0 Å². The molecule has 1 aromatic rings. The molecule has 0 aliphatic carbocycles. The fourth-order valence-electron chi connectivity index (χ4n) is 3.58. The lowest BCUT2D eigenvalue weighted by molar-refractivity contribution is -0.391. The summed E-state index contributed by atoms with van der Waals surface area (Å²) in [5.74, 6) is -0.172. The van der Waals surface area contributed by atoms with Crippen molar-refractivity contribution in [1.29, 1.82) is 0 Å². The van der Waals surface area contributed by atoms with Gasteiger partial charge in [-0.2, -0.15) is 0 Å². The van der Waals surface area contributed by atoms with E-state index < -0.39 is 4.92 Å². The van der Waals surface area contributed by atoms with Crippen LogP contribution in [0.1, 0.15) is 36.2 Å². The fourth-order valence-corrected chi connectivity index (χ4v) is 3.58. The van der Waals surface area contributed by atoms with Gasteiger partial charge in [0.05, 0.1) is 7.05 Å². The zero-order chi connectivity index (χ0) is 14.4. The molecule has 2 fully saturated rings. The standard InChI is InChI=1S/C13H18N4O3/c1-15-11(4-5-12(15)17(19)20)13(18)16-9-2-3-10(16)7-8(14)6-9/h4-5,8-10H,2-3,6-7,14H2,1H3. The van der Waals surface area contributed by atoms with Crippen LogP contribution in [0, 0.1) is 10.1 Å². The molecule has 20 heavy (non-hydrogen) atoms. The van der Waals surface area contributed by atoms with Crippen LogP contribution < -0.4 is 5.73 Å². The summed E-state index contributed by atoms with van der Waals surface area (Å²) in [5, 5.41) is 10.9. The third-order valence-electron chi connectivity index (χ3n) is 4.51. The quantitative estimate of drug-likeness (QED) is 0.645. The Kier molecular flexibility index (Phi) is 3.01. The van der Waals surface area contributed by atoms with Crippen LogP contribution in [0.25, 0.3) is 0 Å². The Labute approximate surface area is 116 Å². The molecule has 2 unspecified atom stereocenters. The summed E-state index contributed by atoms with van der Waals surface area (Å²) in [6.45, 7) is 0.